The first-order valence-electron chi connectivity index (χ1n) is 7.33. The topological polar surface area (TPSA) is 54.3 Å². The monoisotopic (exact) mass is 303 g/mol. The van der Waals surface area contributed by atoms with Gasteiger partial charge in [0.1, 0.15) is 18.5 Å². The van der Waals surface area contributed by atoms with Crippen molar-refractivity contribution < 1.29 is 9.18 Å². The quantitative estimate of drug-likeness (QED) is 0.850. The molecule has 1 amide bonds. The lowest BCUT2D eigenvalue weighted by Crippen LogP contribution is -2.49. The zero-order valence-electron chi connectivity index (χ0n) is 12.2. The molecular formula is C15H18FN5O. The number of amides is 1. The van der Waals surface area contributed by atoms with Crippen molar-refractivity contribution in [1.82, 2.24) is 19.7 Å². The molecule has 1 aliphatic rings. The summed E-state index contributed by atoms with van der Waals surface area (Å²) >= 11 is 0. The van der Waals surface area contributed by atoms with Crippen molar-refractivity contribution in [1.29, 1.82) is 0 Å². The second-order valence-corrected chi connectivity index (χ2v) is 5.25. The molecule has 0 bridgehead atoms. The Bertz CT molecular complexity index is 605. The minimum absolute atomic E-state index is 0.134. The molecule has 2 aromatic rings. The maximum atomic E-state index is 12.9. The maximum absolute atomic E-state index is 12.9. The highest BCUT2D eigenvalue weighted by atomic mass is 19.1. The van der Waals surface area contributed by atoms with Crippen LogP contribution in [-0.4, -0.2) is 51.8 Å². The summed E-state index contributed by atoms with van der Waals surface area (Å²) in [4.78, 5) is 20.1. The lowest BCUT2D eigenvalue weighted by molar-refractivity contribution is -0.131. The van der Waals surface area contributed by atoms with Crippen LogP contribution in [0.25, 0.3) is 0 Å². The number of aryl methyl sites for hydroxylation is 1. The average Bonchev–Trinajstić information content (AvgIpc) is 3.07. The van der Waals surface area contributed by atoms with Crippen molar-refractivity contribution in [2.24, 2.45) is 0 Å². The number of aromatic nitrogens is 3. The van der Waals surface area contributed by atoms with Crippen molar-refractivity contribution in [3.8, 4) is 0 Å². The number of hydrogen-bond acceptors (Lipinski definition) is 4. The van der Waals surface area contributed by atoms with E-state index in [9.17, 15) is 9.18 Å². The van der Waals surface area contributed by atoms with Crippen LogP contribution in [0.5, 0.6) is 0 Å². The standard InChI is InChI=1S/C15H18FN5O/c16-13-1-3-14(4-2-13)19-7-9-20(10-8-19)15(22)5-6-21-12-17-11-18-21/h1-4,11-12H,5-10H2. The van der Waals surface area contributed by atoms with Gasteiger partial charge < -0.3 is 9.80 Å². The summed E-state index contributed by atoms with van der Waals surface area (Å²) in [7, 11) is 0. The molecule has 0 aliphatic carbocycles. The Labute approximate surface area is 128 Å². The number of nitrogens with zero attached hydrogens (tertiary/aromatic N) is 5. The predicted octanol–water partition coefficient (Wildman–Crippen LogP) is 1.16. The van der Waals surface area contributed by atoms with Crippen molar-refractivity contribution >= 4 is 11.6 Å². The number of hydrogen-bond donors (Lipinski definition) is 0. The van der Waals surface area contributed by atoms with E-state index in [2.05, 4.69) is 15.0 Å². The molecule has 0 radical (unpaired) electrons. The van der Waals surface area contributed by atoms with Gasteiger partial charge in [-0.2, -0.15) is 5.10 Å². The third kappa shape index (κ3) is 3.41. The average molecular weight is 303 g/mol. The Balaban J connectivity index is 1.48. The Morgan fingerprint density at radius 1 is 1.14 bits per heavy atom. The smallest absolute Gasteiger partial charge is 0.224 e. The summed E-state index contributed by atoms with van der Waals surface area (Å²) in [6.45, 7) is 3.46. The van der Waals surface area contributed by atoms with Crippen molar-refractivity contribution in [2.45, 2.75) is 13.0 Å². The van der Waals surface area contributed by atoms with E-state index in [1.54, 1.807) is 23.1 Å². The SMILES string of the molecule is O=C(CCn1cncn1)N1CCN(c2ccc(F)cc2)CC1. The molecule has 6 nitrogen and oxygen atoms in total. The number of piperazine rings is 1. The molecule has 1 saturated heterocycles. The van der Waals surface area contributed by atoms with Crippen LogP contribution in [0, 0.1) is 5.82 Å². The lowest BCUT2D eigenvalue weighted by atomic mass is 10.2. The molecule has 1 aromatic heterocycles. The minimum atomic E-state index is -0.231. The molecule has 0 saturated carbocycles. The Morgan fingerprint density at radius 3 is 2.50 bits per heavy atom. The molecule has 22 heavy (non-hydrogen) atoms. The molecule has 0 atom stereocenters. The van der Waals surface area contributed by atoms with Crippen LogP contribution in [-0.2, 0) is 11.3 Å². The van der Waals surface area contributed by atoms with Gasteiger partial charge in [-0.25, -0.2) is 9.37 Å². The van der Waals surface area contributed by atoms with E-state index in [0.717, 1.165) is 18.8 Å². The maximum Gasteiger partial charge on any atom is 0.224 e. The number of halogens is 1. The largest absolute Gasteiger partial charge is 0.368 e. The molecule has 0 unspecified atom stereocenters. The van der Waals surface area contributed by atoms with Crippen LogP contribution in [0.2, 0.25) is 0 Å². The third-order valence-corrected chi connectivity index (χ3v) is 3.85. The van der Waals surface area contributed by atoms with Crippen LogP contribution in [0.4, 0.5) is 10.1 Å². The van der Waals surface area contributed by atoms with E-state index in [0.29, 0.717) is 26.1 Å². The number of rotatable bonds is 4. The van der Waals surface area contributed by atoms with Crippen LogP contribution in [0.15, 0.2) is 36.9 Å². The number of benzene rings is 1. The second kappa shape index (κ2) is 6.55. The fourth-order valence-corrected chi connectivity index (χ4v) is 2.58. The van der Waals surface area contributed by atoms with E-state index in [1.807, 2.05) is 4.90 Å². The molecule has 116 valence electrons. The normalized spacial score (nSPS) is 15.1. The fraction of sp³-hybridized carbons (Fsp3) is 0.400. The van der Waals surface area contributed by atoms with Gasteiger partial charge in [0.15, 0.2) is 0 Å². The summed E-state index contributed by atoms with van der Waals surface area (Å²) in [6.07, 6.45) is 3.51. The number of anilines is 1. The van der Waals surface area contributed by atoms with E-state index in [4.69, 9.17) is 0 Å². The van der Waals surface area contributed by atoms with E-state index < -0.39 is 0 Å². The zero-order chi connectivity index (χ0) is 15.4. The first-order valence-corrected chi connectivity index (χ1v) is 7.33. The molecule has 2 heterocycles. The number of carbonyl (C=O) groups excluding carboxylic acids is 1. The van der Waals surface area contributed by atoms with Gasteiger partial charge in [-0.3, -0.25) is 9.48 Å². The summed E-state index contributed by atoms with van der Waals surface area (Å²) in [6, 6.07) is 6.48. The minimum Gasteiger partial charge on any atom is -0.368 e. The van der Waals surface area contributed by atoms with Gasteiger partial charge in [-0.15, -0.1) is 0 Å². The van der Waals surface area contributed by atoms with Crippen molar-refractivity contribution in [3.05, 3.63) is 42.7 Å². The highest BCUT2D eigenvalue weighted by Crippen LogP contribution is 2.17. The highest BCUT2D eigenvalue weighted by Gasteiger charge is 2.21. The van der Waals surface area contributed by atoms with Gasteiger partial charge in [0.05, 0.1) is 6.54 Å². The van der Waals surface area contributed by atoms with Gasteiger partial charge in [0, 0.05) is 38.3 Å². The molecule has 1 aliphatic heterocycles. The van der Waals surface area contributed by atoms with Crippen molar-refractivity contribution in [3.63, 3.8) is 0 Å². The van der Waals surface area contributed by atoms with Gasteiger partial charge in [-0.05, 0) is 24.3 Å². The van der Waals surface area contributed by atoms with Crippen molar-refractivity contribution in [2.75, 3.05) is 31.1 Å². The summed E-state index contributed by atoms with van der Waals surface area (Å²) < 4.78 is 14.6. The van der Waals surface area contributed by atoms with Gasteiger partial charge >= 0.3 is 0 Å². The van der Waals surface area contributed by atoms with E-state index in [-0.39, 0.29) is 11.7 Å². The Hall–Kier alpha value is -2.44. The zero-order valence-corrected chi connectivity index (χ0v) is 12.2. The number of carbonyl (C=O) groups is 1. The first kappa shape index (κ1) is 14.5. The lowest BCUT2D eigenvalue weighted by Gasteiger charge is -2.36. The van der Waals surface area contributed by atoms with Gasteiger partial charge in [0.2, 0.25) is 5.91 Å². The predicted molar refractivity (Wildman–Crippen MR) is 79.8 cm³/mol. The van der Waals surface area contributed by atoms with E-state index >= 15 is 0 Å². The molecular weight excluding hydrogens is 285 g/mol. The first-order chi connectivity index (χ1) is 10.7. The van der Waals surface area contributed by atoms with Gasteiger partial charge in [-0.1, -0.05) is 0 Å². The Morgan fingerprint density at radius 2 is 1.86 bits per heavy atom. The second-order valence-electron chi connectivity index (χ2n) is 5.25. The molecule has 1 aromatic carbocycles. The molecule has 0 N–H and O–H groups in total. The van der Waals surface area contributed by atoms with Crippen LogP contribution >= 0.6 is 0 Å². The summed E-state index contributed by atoms with van der Waals surface area (Å²) in [5, 5.41) is 3.99. The molecule has 7 heteroatoms. The summed E-state index contributed by atoms with van der Waals surface area (Å²) in [5.41, 5.74) is 0.996. The Kier molecular flexibility index (Phi) is 4.32. The third-order valence-electron chi connectivity index (χ3n) is 3.85. The fourth-order valence-electron chi connectivity index (χ4n) is 2.58. The van der Waals surface area contributed by atoms with Crippen LogP contribution in [0.3, 0.4) is 0 Å². The molecule has 0 spiro atoms. The van der Waals surface area contributed by atoms with Crippen LogP contribution < -0.4 is 4.90 Å². The van der Waals surface area contributed by atoms with Gasteiger partial charge in [0.25, 0.3) is 0 Å². The highest BCUT2D eigenvalue weighted by molar-refractivity contribution is 5.76. The van der Waals surface area contributed by atoms with E-state index in [1.165, 1.54) is 18.5 Å². The van der Waals surface area contributed by atoms with Crippen LogP contribution in [0.1, 0.15) is 6.42 Å². The molecule has 1 fully saturated rings. The molecule has 3 rings (SSSR count). The summed E-state index contributed by atoms with van der Waals surface area (Å²) in [5.74, 6) is -0.0973.